The molecule has 0 aromatic heterocycles. The van der Waals surface area contributed by atoms with Gasteiger partial charge < -0.3 is 19.1 Å². The van der Waals surface area contributed by atoms with Crippen molar-refractivity contribution in [2.45, 2.75) is 29.3 Å². The molecule has 1 unspecified atom stereocenters. The topological polar surface area (TPSA) is 106 Å². The van der Waals surface area contributed by atoms with Crippen molar-refractivity contribution < 1.29 is 32.2 Å². The molecule has 0 saturated carbocycles. The highest BCUT2D eigenvalue weighted by Gasteiger charge is 2.63. The fourth-order valence-corrected chi connectivity index (χ4v) is 7.80. The Morgan fingerprint density at radius 3 is 2.33 bits per heavy atom. The van der Waals surface area contributed by atoms with E-state index in [4.69, 9.17) is 25.8 Å². The highest BCUT2D eigenvalue weighted by Crippen LogP contribution is 2.55. The molecule has 3 aromatic rings. The van der Waals surface area contributed by atoms with Gasteiger partial charge in [-0.25, -0.2) is 12.7 Å². The Morgan fingerprint density at radius 2 is 1.67 bits per heavy atom. The lowest BCUT2D eigenvalue weighted by atomic mass is 9.80. The number of methoxy groups -OCH3 is 3. The molecule has 222 valence electrons. The van der Waals surface area contributed by atoms with Crippen LogP contribution in [0.5, 0.6) is 17.2 Å². The minimum Gasteiger partial charge on any atom is -0.497 e. The Kier molecular flexibility index (Phi) is 7.86. The van der Waals surface area contributed by atoms with Gasteiger partial charge in [-0.05, 0) is 49.2 Å². The fourth-order valence-electron chi connectivity index (χ4n) is 6.03. The van der Waals surface area contributed by atoms with E-state index in [2.05, 4.69) is 0 Å². The molecule has 0 bridgehead atoms. The van der Waals surface area contributed by atoms with Crippen LogP contribution in [0.4, 0.5) is 5.69 Å². The van der Waals surface area contributed by atoms with Gasteiger partial charge in [-0.1, -0.05) is 29.8 Å². The first-order valence-corrected chi connectivity index (χ1v) is 15.1. The van der Waals surface area contributed by atoms with Gasteiger partial charge in [-0.15, -0.1) is 0 Å². The third-order valence-electron chi connectivity index (χ3n) is 7.86. The Labute approximate surface area is 250 Å². The summed E-state index contributed by atoms with van der Waals surface area (Å²) >= 11 is 6.54. The highest BCUT2D eigenvalue weighted by molar-refractivity contribution is 7.93. The number of hydrogen-bond acceptors (Lipinski definition) is 8. The number of halogens is 1. The summed E-state index contributed by atoms with van der Waals surface area (Å²) in [4.78, 5) is 31.7. The third-order valence-corrected chi connectivity index (χ3v) is 9.83. The molecule has 42 heavy (non-hydrogen) atoms. The number of sulfonamides is 1. The SMILES string of the molecule is COc1ccc(S(=O)(=O)N2C(=O)C(c3ccccc3OC)(N3CCC[C@H]3C(=O)N(C)C)c3cc(Cl)ccc32)c(OC)c1. The van der Waals surface area contributed by atoms with E-state index in [0.717, 1.165) is 4.31 Å². The van der Waals surface area contributed by atoms with E-state index in [0.29, 0.717) is 47.0 Å². The predicted octanol–water partition coefficient (Wildman–Crippen LogP) is 3.90. The van der Waals surface area contributed by atoms with E-state index in [-0.39, 0.29) is 22.2 Å². The second-order valence-electron chi connectivity index (χ2n) is 10.2. The molecule has 2 aliphatic heterocycles. The molecule has 1 saturated heterocycles. The van der Waals surface area contributed by atoms with Crippen molar-refractivity contribution >= 4 is 39.1 Å². The number of benzene rings is 3. The molecule has 3 aromatic carbocycles. The predicted molar refractivity (Wildman–Crippen MR) is 158 cm³/mol. The molecule has 5 rings (SSSR count). The van der Waals surface area contributed by atoms with Gasteiger partial charge in [0, 0.05) is 42.9 Å². The van der Waals surface area contributed by atoms with Gasteiger partial charge in [0.2, 0.25) is 5.91 Å². The number of anilines is 1. The zero-order chi connectivity index (χ0) is 30.4. The van der Waals surface area contributed by atoms with Gasteiger partial charge in [-0.2, -0.15) is 0 Å². The Bertz CT molecular complexity index is 1660. The van der Waals surface area contributed by atoms with Crippen molar-refractivity contribution in [2.24, 2.45) is 0 Å². The van der Waals surface area contributed by atoms with Crippen LogP contribution >= 0.6 is 11.6 Å². The smallest absolute Gasteiger partial charge is 0.274 e. The molecule has 12 heteroatoms. The maximum atomic E-state index is 15.1. The summed E-state index contributed by atoms with van der Waals surface area (Å²) in [6, 6.07) is 15.1. The molecule has 2 aliphatic rings. The number of nitrogens with zero attached hydrogens (tertiary/aromatic N) is 3. The van der Waals surface area contributed by atoms with Crippen molar-refractivity contribution in [1.82, 2.24) is 9.80 Å². The van der Waals surface area contributed by atoms with E-state index in [1.165, 1.54) is 56.6 Å². The second kappa shape index (κ2) is 11.1. The number of likely N-dealkylation sites (N-methyl/N-ethyl adjacent to an activating group) is 1. The number of carbonyl (C=O) groups is 2. The Hall–Kier alpha value is -3.80. The molecule has 2 atom stereocenters. The summed E-state index contributed by atoms with van der Waals surface area (Å²) in [5, 5.41) is 0.303. The zero-order valence-corrected chi connectivity index (χ0v) is 25.5. The molecule has 0 spiro atoms. The van der Waals surface area contributed by atoms with Gasteiger partial charge >= 0.3 is 0 Å². The number of fused-ring (bicyclic) bond motifs is 1. The summed E-state index contributed by atoms with van der Waals surface area (Å²) in [5.74, 6) is -0.219. The number of amides is 2. The van der Waals surface area contributed by atoms with Crippen molar-refractivity contribution in [3.8, 4) is 17.2 Å². The summed E-state index contributed by atoms with van der Waals surface area (Å²) in [6.45, 7) is 0.347. The monoisotopic (exact) mass is 613 g/mol. The number of rotatable bonds is 8. The number of ether oxygens (including phenoxy) is 3. The molecule has 0 radical (unpaired) electrons. The standard InChI is InChI=1S/C30H32ClN3O7S/c1-32(2)28(35)24-10-8-16-33(24)30(21-9-6-7-11-25(21)40-4)22-17-19(31)12-14-23(22)34(29(30)36)42(37,38)27-15-13-20(39-3)18-26(27)41-5/h6-7,9,11-15,17-18,24H,8,10,16H2,1-5H3/t24-,30?/m0/s1. The van der Waals surface area contributed by atoms with Crippen molar-refractivity contribution in [3.05, 3.63) is 76.8 Å². The Balaban J connectivity index is 1.85. The lowest BCUT2D eigenvalue weighted by molar-refractivity contribution is -0.138. The quantitative estimate of drug-likeness (QED) is 0.377. The van der Waals surface area contributed by atoms with Crippen molar-refractivity contribution in [2.75, 3.05) is 46.3 Å². The molecule has 10 nitrogen and oxygen atoms in total. The van der Waals surface area contributed by atoms with Crippen molar-refractivity contribution in [1.29, 1.82) is 0 Å². The maximum Gasteiger partial charge on any atom is 0.274 e. The van der Waals surface area contributed by atoms with Crippen LogP contribution in [0.3, 0.4) is 0 Å². The van der Waals surface area contributed by atoms with E-state index in [1.807, 2.05) is 0 Å². The average Bonchev–Trinajstić information content (AvgIpc) is 3.57. The molecule has 0 N–H and O–H groups in total. The zero-order valence-electron chi connectivity index (χ0n) is 24.0. The maximum absolute atomic E-state index is 15.1. The summed E-state index contributed by atoms with van der Waals surface area (Å²) in [7, 11) is 3.02. The van der Waals surface area contributed by atoms with E-state index >= 15 is 4.79 Å². The number of para-hydroxylation sites is 1. The summed E-state index contributed by atoms with van der Waals surface area (Å²) in [5.41, 5.74) is -0.902. The fraction of sp³-hybridized carbons (Fsp3) is 0.333. The molecular formula is C30H32ClN3O7S. The van der Waals surface area contributed by atoms with Crippen LogP contribution in [0.25, 0.3) is 0 Å². The summed E-state index contributed by atoms with van der Waals surface area (Å²) < 4.78 is 46.2. The average molecular weight is 614 g/mol. The highest BCUT2D eigenvalue weighted by atomic mass is 35.5. The minimum absolute atomic E-state index is 0.00860. The lowest BCUT2D eigenvalue weighted by Gasteiger charge is -2.42. The van der Waals surface area contributed by atoms with E-state index < -0.39 is 27.5 Å². The van der Waals surface area contributed by atoms with Crippen LogP contribution in [-0.2, 0) is 25.2 Å². The first kappa shape index (κ1) is 29.7. The van der Waals surface area contributed by atoms with Crippen LogP contribution < -0.4 is 18.5 Å². The summed E-state index contributed by atoms with van der Waals surface area (Å²) in [6.07, 6.45) is 1.10. The third kappa shape index (κ3) is 4.38. The largest absolute Gasteiger partial charge is 0.497 e. The van der Waals surface area contributed by atoms with Crippen molar-refractivity contribution in [3.63, 3.8) is 0 Å². The minimum atomic E-state index is -4.57. The van der Waals surface area contributed by atoms with Gasteiger partial charge in [0.1, 0.15) is 22.1 Å². The van der Waals surface area contributed by atoms with Crippen LogP contribution in [0.2, 0.25) is 5.02 Å². The van der Waals surface area contributed by atoms with Crippen LogP contribution in [0.1, 0.15) is 24.0 Å². The number of hydrogen-bond donors (Lipinski definition) is 0. The molecular weight excluding hydrogens is 582 g/mol. The second-order valence-corrected chi connectivity index (χ2v) is 12.4. The van der Waals surface area contributed by atoms with E-state index in [9.17, 15) is 13.2 Å². The number of carbonyl (C=O) groups excluding carboxylic acids is 2. The molecule has 0 aliphatic carbocycles. The van der Waals surface area contributed by atoms with Gasteiger partial charge in [0.05, 0.1) is 33.1 Å². The normalized spacial score (nSPS) is 20.4. The molecule has 1 fully saturated rings. The Morgan fingerprint density at radius 1 is 0.952 bits per heavy atom. The molecule has 2 amide bonds. The first-order chi connectivity index (χ1) is 20.0. The van der Waals surface area contributed by atoms with Gasteiger partial charge in [0.25, 0.3) is 15.9 Å². The van der Waals surface area contributed by atoms with Crippen LogP contribution in [0.15, 0.2) is 65.6 Å². The van der Waals surface area contributed by atoms with Crippen LogP contribution in [0, 0.1) is 0 Å². The van der Waals surface area contributed by atoms with Crippen LogP contribution in [-0.4, -0.2) is 78.0 Å². The molecule has 2 heterocycles. The van der Waals surface area contributed by atoms with E-state index in [1.54, 1.807) is 49.3 Å². The van der Waals surface area contributed by atoms with Gasteiger partial charge in [0.15, 0.2) is 5.54 Å². The first-order valence-electron chi connectivity index (χ1n) is 13.3. The number of likely N-dealkylation sites (tertiary alicyclic amines) is 1. The van der Waals surface area contributed by atoms with Gasteiger partial charge in [-0.3, -0.25) is 14.5 Å². The lowest BCUT2D eigenvalue weighted by Crippen LogP contribution is -2.59.